The summed E-state index contributed by atoms with van der Waals surface area (Å²) in [6, 6.07) is 17.4. The molecule has 1 aliphatic heterocycles. The van der Waals surface area contributed by atoms with Gasteiger partial charge in [0.2, 0.25) is 0 Å². The van der Waals surface area contributed by atoms with Crippen molar-refractivity contribution < 1.29 is 4.79 Å². The van der Waals surface area contributed by atoms with Crippen molar-refractivity contribution in [1.29, 1.82) is 0 Å². The van der Waals surface area contributed by atoms with Crippen molar-refractivity contribution in [3.8, 4) is 0 Å². The fraction of sp³-hybridized carbons (Fsp3) is 0.188. The molecular formula is C16H16N2O. The summed E-state index contributed by atoms with van der Waals surface area (Å²) in [4.78, 5) is 14.5. The first-order valence-corrected chi connectivity index (χ1v) is 6.56. The van der Waals surface area contributed by atoms with E-state index in [9.17, 15) is 4.79 Å². The SMILES string of the molecule is O=C(c1ccccc1)N1CCCNc2ccccc21. The number of hydrogen-bond donors (Lipinski definition) is 1. The topological polar surface area (TPSA) is 32.3 Å². The van der Waals surface area contributed by atoms with Crippen molar-refractivity contribution in [2.75, 3.05) is 23.3 Å². The Hall–Kier alpha value is -2.29. The molecule has 0 aromatic heterocycles. The Morgan fingerprint density at radius 2 is 1.74 bits per heavy atom. The molecule has 3 rings (SSSR count). The van der Waals surface area contributed by atoms with Gasteiger partial charge in [-0.3, -0.25) is 4.79 Å². The standard InChI is InChI=1S/C16H16N2O/c19-16(13-7-2-1-3-8-13)18-12-6-11-17-14-9-4-5-10-15(14)18/h1-5,7-10,17H,6,11-12H2. The summed E-state index contributed by atoms with van der Waals surface area (Å²) in [5, 5.41) is 3.37. The second-order valence-corrected chi connectivity index (χ2v) is 4.62. The zero-order valence-corrected chi connectivity index (χ0v) is 10.7. The van der Waals surface area contributed by atoms with Gasteiger partial charge in [0.25, 0.3) is 5.91 Å². The van der Waals surface area contributed by atoms with Crippen molar-refractivity contribution in [2.24, 2.45) is 0 Å². The third-order valence-corrected chi connectivity index (χ3v) is 3.33. The van der Waals surface area contributed by atoms with E-state index >= 15 is 0 Å². The van der Waals surface area contributed by atoms with E-state index < -0.39 is 0 Å². The minimum atomic E-state index is 0.0664. The lowest BCUT2D eigenvalue weighted by molar-refractivity contribution is 0.0987. The first kappa shape index (κ1) is 11.8. The number of para-hydroxylation sites is 2. The van der Waals surface area contributed by atoms with Gasteiger partial charge in [-0.1, -0.05) is 30.3 Å². The zero-order valence-electron chi connectivity index (χ0n) is 10.7. The molecule has 0 unspecified atom stereocenters. The largest absolute Gasteiger partial charge is 0.383 e. The molecule has 0 radical (unpaired) electrons. The first-order valence-electron chi connectivity index (χ1n) is 6.56. The molecule has 1 amide bonds. The summed E-state index contributed by atoms with van der Waals surface area (Å²) >= 11 is 0. The maximum atomic E-state index is 12.6. The van der Waals surface area contributed by atoms with E-state index in [1.807, 2.05) is 59.5 Å². The average molecular weight is 252 g/mol. The van der Waals surface area contributed by atoms with E-state index in [2.05, 4.69) is 5.32 Å². The Morgan fingerprint density at radius 1 is 1.00 bits per heavy atom. The lowest BCUT2D eigenvalue weighted by Crippen LogP contribution is -2.31. The monoisotopic (exact) mass is 252 g/mol. The molecule has 1 aliphatic rings. The predicted octanol–water partition coefficient (Wildman–Crippen LogP) is 3.15. The van der Waals surface area contributed by atoms with Gasteiger partial charge in [-0.15, -0.1) is 0 Å². The van der Waals surface area contributed by atoms with E-state index in [-0.39, 0.29) is 5.91 Å². The van der Waals surface area contributed by atoms with Crippen LogP contribution in [0.1, 0.15) is 16.8 Å². The van der Waals surface area contributed by atoms with Gasteiger partial charge in [0.15, 0.2) is 0 Å². The van der Waals surface area contributed by atoms with Crippen LogP contribution in [0.2, 0.25) is 0 Å². The summed E-state index contributed by atoms with van der Waals surface area (Å²) in [5.74, 6) is 0.0664. The molecule has 0 aliphatic carbocycles. The number of benzene rings is 2. The minimum absolute atomic E-state index is 0.0664. The van der Waals surface area contributed by atoms with E-state index in [1.54, 1.807) is 0 Å². The van der Waals surface area contributed by atoms with Gasteiger partial charge in [-0.05, 0) is 30.7 Å². The number of anilines is 2. The van der Waals surface area contributed by atoms with Gasteiger partial charge < -0.3 is 10.2 Å². The maximum Gasteiger partial charge on any atom is 0.258 e. The second-order valence-electron chi connectivity index (χ2n) is 4.62. The van der Waals surface area contributed by atoms with E-state index in [1.165, 1.54) is 0 Å². The highest BCUT2D eigenvalue weighted by atomic mass is 16.2. The van der Waals surface area contributed by atoms with Crippen molar-refractivity contribution in [2.45, 2.75) is 6.42 Å². The highest BCUT2D eigenvalue weighted by molar-refractivity contribution is 6.07. The number of nitrogens with zero attached hydrogens (tertiary/aromatic N) is 1. The summed E-state index contributed by atoms with van der Waals surface area (Å²) in [6.45, 7) is 1.65. The molecule has 2 aromatic rings. The fourth-order valence-electron chi connectivity index (χ4n) is 2.39. The van der Waals surface area contributed by atoms with Crippen LogP contribution in [0.15, 0.2) is 54.6 Å². The van der Waals surface area contributed by atoms with Crippen LogP contribution in [0.3, 0.4) is 0 Å². The summed E-state index contributed by atoms with van der Waals surface area (Å²) in [6.07, 6.45) is 0.952. The molecule has 0 spiro atoms. The Balaban J connectivity index is 1.99. The van der Waals surface area contributed by atoms with Gasteiger partial charge in [0.05, 0.1) is 11.4 Å². The quantitative estimate of drug-likeness (QED) is 0.845. The molecular weight excluding hydrogens is 236 g/mol. The van der Waals surface area contributed by atoms with Crippen LogP contribution < -0.4 is 10.2 Å². The predicted molar refractivity (Wildman–Crippen MR) is 77.7 cm³/mol. The summed E-state index contributed by atoms with van der Waals surface area (Å²) < 4.78 is 0. The van der Waals surface area contributed by atoms with Crippen LogP contribution in [-0.4, -0.2) is 19.0 Å². The van der Waals surface area contributed by atoms with Crippen molar-refractivity contribution >= 4 is 17.3 Å². The highest BCUT2D eigenvalue weighted by Gasteiger charge is 2.21. The van der Waals surface area contributed by atoms with Crippen LogP contribution in [0.5, 0.6) is 0 Å². The summed E-state index contributed by atoms with van der Waals surface area (Å²) in [7, 11) is 0. The van der Waals surface area contributed by atoms with Crippen LogP contribution in [0.4, 0.5) is 11.4 Å². The van der Waals surface area contributed by atoms with Crippen LogP contribution in [-0.2, 0) is 0 Å². The molecule has 0 atom stereocenters. The Morgan fingerprint density at radius 3 is 2.58 bits per heavy atom. The van der Waals surface area contributed by atoms with Crippen LogP contribution in [0.25, 0.3) is 0 Å². The molecule has 1 N–H and O–H groups in total. The molecule has 1 heterocycles. The third-order valence-electron chi connectivity index (χ3n) is 3.33. The molecule has 3 heteroatoms. The van der Waals surface area contributed by atoms with E-state index in [4.69, 9.17) is 0 Å². The van der Waals surface area contributed by atoms with Gasteiger partial charge in [0.1, 0.15) is 0 Å². The van der Waals surface area contributed by atoms with Gasteiger partial charge in [-0.25, -0.2) is 0 Å². The average Bonchev–Trinajstić information content (AvgIpc) is 2.70. The second kappa shape index (κ2) is 5.14. The molecule has 0 bridgehead atoms. The van der Waals surface area contributed by atoms with Crippen LogP contribution >= 0.6 is 0 Å². The number of carbonyl (C=O) groups excluding carboxylic acids is 1. The number of hydrogen-bond acceptors (Lipinski definition) is 2. The first-order chi connectivity index (χ1) is 9.36. The molecule has 0 saturated heterocycles. The molecule has 2 aromatic carbocycles. The molecule has 96 valence electrons. The van der Waals surface area contributed by atoms with E-state index in [0.29, 0.717) is 0 Å². The number of fused-ring (bicyclic) bond motifs is 1. The fourth-order valence-corrected chi connectivity index (χ4v) is 2.39. The molecule has 0 saturated carbocycles. The van der Waals surface area contributed by atoms with Crippen molar-refractivity contribution in [3.05, 3.63) is 60.2 Å². The molecule has 0 fully saturated rings. The lowest BCUT2D eigenvalue weighted by Gasteiger charge is -2.22. The third kappa shape index (κ3) is 2.32. The number of carbonyl (C=O) groups is 1. The number of amides is 1. The molecule has 19 heavy (non-hydrogen) atoms. The Bertz CT molecular complexity index is 580. The van der Waals surface area contributed by atoms with Gasteiger partial charge in [0, 0.05) is 18.7 Å². The Labute approximate surface area is 112 Å². The van der Waals surface area contributed by atoms with Crippen LogP contribution in [0, 0.1) is 0 Å². The normalized spacial score (nSPS) is 14.2. The number of rotatable bonds is 1. The van der Waals surface area contributed by atoms with Crippen molar-refractivity contribution in [3.63, 3.8) is 0 Å². The Kier molecular flexibility index (Phi) is 3.19. The van der Waals surface area contributed by atoms with Gasteiger partial charge >= 0.3 is 0 Å². The highest BCUT2D eigenvalue weighted by Crippen LogP contribution is 2.29. The van der Waals surface area contributed by atoms with Crippen molar-refractivity contribution in [1.82, 2.24) is 0 Å². The number of nitrogens with one attached hydrogen (secondary N) is 1. The molecule has 3 nitrogen and oxygen atoms in total. The summed E-state index contributed by atoms with van der Waals surface area (Å²) in [5.41, 5.74) is 2.73. The van der Waals surface area contributed by atoms with E-state index in [0.717, 1.165) is 36.4 Å². The maximum absolute atomic E-state index is 12.6. The lowest BCUT2D eigenvalue weighted by atomic mass is 10.1. The van der Waals surface area contributed by atoms with Gasteiger partial charge in [-0.2, -0.15) is 0 Å². The smallest absolute Gasteiger partial charge is 0.258 e. The minimum Gasteiger partial charge on any atom is -0.383 e. The zero-order chi connectivity index (χ0) is 13.1.